The van der Waals surface area contributed by atoms with Crippen molar-refractivity contribution < 1.29 is 28.7 Å². The van der Waals surface area contributed by atoms with Crippen LogP contribution >= 0.6 is 11.3 Å². The minimum absolute atomic E-state index is 0.166. The molecule has 0 radical (unpaired) electrons. The Morgan fingerprint density at radius 1 is 1.06 bits per heavy atom. The minimum Gasteiger partial charge on any atom is -0.464 e. The van der Waals surface area contributed by atoms with Gasteiger partial charge in [-0.2, -0.15) is 0 Å². The van der Waals surface area contributed by atoms with Crippen LogP contribution in [0.3, 0.4) is 0 Å². The Hall–Kier alpha value is -3.21. The number of amides is 3. The summed E-state index contributed by atoms with van der Waals surface area (Å²) in [5.41, 5.74) is -1.47. The van der Waals surface area contributed by atoms with Gasteiger partial charge in [0, 0.05) is 16.3 Å². The third-order valence-corrected chi connectivity index (χ3v) is 7.12. The maximum absolute atomic E-state index is 12.6. The lowest BCUT2D eigenvalue weighted by molar-refractivity contribution is -0.137. The number of methoxy groups -OCH3 is 1. The highest BCUT2D eigenvalue weighted by molar-refractivity contribution is 7.10. The molecule has 0 unspecified atom stereocenters. The van der Waals surface area contributed by atoms with E-state index < -0.39 is 29.5 Å². The fourth-order valence-corrected chi connectivity index (χ4v) is 5.51. The predicted molar refractivity (Wildman–Crippen MR) is 125 cm³/mol. The largest absolute Gasteiger partial charge is 0.464 e. The molecule has 3 N–H and O–H groups in total. The summed E-state index contributed by atoms with van der Waals surface area (Å²) >= 11 is 1.38. The predicted octanol–water partition coefficient (Wildman–Crippen LogP) is 2.67. The lowest BCUT2D eigenvalue weighted by Gasteiger charge is -2.29. The number of hydrogen-bond donors (Lipinski definition) is 3. The molecule has 1 aromatic rings. The van der Waals surface area contributed by atoms with Crippen LogP contribution in [-0.4, -0.2) is 47.1 Å². The Labute approximate surface area is 202 Å². The highest BCUT2D eigenvalue weighted by atomic mass is 32.1. The molecule has 11 heteroatoms. The summed E-state index contributed by atoms with van der Waals surface area (Å²) < 4.78 is 9.89. The van der Waals surface area contributed by atoms with Gasteiger partial charge < -0.3 is 25.4 Å². The number of aromatic nitrogens is 1. The molecule has 0 aromatic carbocycles. The molecule has 3 amide bonds. The second kappa shape index (κ2) is 9.21. The van der Waals surface area contributed by atoms with Gasteiger partial charge in [-0.3, -0.25) is 9.59 Å². The molecule has 0 spiro atoms. The minimum atomic E-state index is -0.804. The lowest BCUT2D eigenvalue weighted by Crippen LogP contribution is -2.47. The quantitative estimate of drug-likeness (QED) is 0.395. The second-order valence-corrected chi connectivity index (χ2v) is 10.6. The standard InChI is InChI=1S/C23H30N4O6S/c1-13(16(28)25-14(2)18(30)32-6)24-17(29)15-11-34-19(26-15)22-7-9-23(12-22,10-8-22)27-20(31)33-21(3,4)5/h11H,1-2,7-10,12H2,3-6H3,(H,24,29)(H,25,28)(H,27,31). The summed E-state index contributed by atoms with van der Waals surface area (Å²) in [6, 6.07) is 0. The third kappa shape index (κ3) is 5.46. The molecular formula is C23H30N4O6S. The first-order valence-corrected chi connectivity index (χ1v) is 11.7. The maximum Gasteiger partial charge on any atom is 0.408 e. The van der Waals surface area contributed by atoms with Gasteiger partial charge in [-0.15, -0.1) is 11.3 Å². The monoisotopic (exact) mass is 490 g/mol. The summed E-state index contributed by atoms with van der Waals surface area (Å²) in [6.07, 6.45) is 3.64. The lowest BCUT2D eigenvalue weighted by atomic mass is 9.84. The van der Waals surface area contributed by atoms with Gasteiger partial charge in [0.1, 0.15) is 17.0 Å². The number of fused-ring (bicyclic) bond motifs is 2. The molecule has 1 aromatic heterocycles. The molecule has 2 saturated carbocycles. The number of carbonyl (C=O) groups is 4. The van der Waals surface area contributed by atoms with Gasteiger partial charge in [-0.25, -0.2) is 14.6 Å². The van der Waals surface area contributed by atoms with Crippen molar-refractivity contribution in [2.45, 2.75) is 69.4 Å². The van der Waals surface area contributed by atoms with E-state index in [1.807, 2.05) is 20.8 Å². The van der Waals surface area contributed by atoms with E-state index in [0.29, 0.717) is 0 Å². The number of ether oxygens (including phenoxy) is 2. The van der Waals surface area contributed by atoms with Crippen molar-refractivity contribution in [3.8, 4) is 0 Å². The first-order valence-electron chi connectivity index (χ1n) is 10.8. The van der Waals surface area contributed by atoms with Crippen LogP contribution < -0.4 is 16.0 Å². The van der Waals surface area contributed by atoms with Crippen molar-refractivity contribution in [1.29, 1.82) is 0 Å². The van der Waals surface area contributed by atoms with Crippen LogP contribution in [0.25, 0.3) is 0 Å². The zero-order valence-electron chi connectivity index (χ0n) is 19.8. The van der Waals surface area contributed by atoms with E-state index in [1.165, 1.54) is 11.3 Å². The van der Waals surface area contributed by atoms with Crippen LogP contribution in [-0.2, 0) is 24.5 Å². The molecule has 2 aliphatic carbocycles. The summed E-state index contributed by atoms with van der Waals surface area (Å²) in [4.78, 5) is 53.0. The van der Waals surface area contributed by atoms with E-state index in [2.05, 4.69) is 38.8 Å². The number of hydrogen-bond acceptors (Lipinski definition) is 8. The zero-order valence-corrected chi connectivity index (χ0v) is 20.6. The van der Waals surface area contributed by atoms with Gasteiger partial charge in [0.25, 0.3) is 11.8 Å². The summed E-state index contributed by atoms with van der Waals surface area (Å²) in [7, 11) is 1.15. The molecule has 3 rings (SSSR count). The van der Waals surface area contributed by atoms with E-state index in [9.17, 15) is 19.2 Å². The Bertz CT molecular complexity index is 1050. The molecular weight excluding hydrogens is 460 g/mol. The second-order valence-electron chi connectivity index (χ2n) is 9.76. The smallest absolute Gasteiger partial charge is 0.408 e. The van der Waals surface area contributed by atoms with Crippen molar-refractivity contribution in [1.82, 2.24) is 20.9 Å². The maximum atomic E-state index is 12.6. The van der Waals surface area contributed by atoms with E-state index in [1.54, 1.807) is 5.38 Å². The van der Waals surface area contributed by atoms with Gasteiger partial charge in [0.05, 0.1) is 17.8 Å². The van der Waals surface area contributed by atoms with Crippen LogP contribution in [0.2, 0.25) is 0 Å². The molecule has 0 saturated heterocycles. The van der Waals surface area contributed by atoms with E-state index >= 15 is 0 Å². The molecule has 34 heavy (non-hydrogen) atoms. The van der Waals surface area contributed by atoms with Crippen molar-refractivity contribution in [2.24, 2.45) is 0 Å². The molecule has 2 bridgehead atoms. The van der Waals surface area contributed by atoms with Crippen molar-refractivity contribution in [3.63, 3.8) is 0 Å². The molecule has 1 heterocycles. The van der Waals surface area contributed by atoms with Crippen molar-refractivity contribution in [3.05, 3.63) is 40.6 Å². The summed E-state index contributed by atoms with van der Waals surface area (Å²) in [6.45, 7) is 12.4. The highest BCUT2D eigenvalue weighted by Gasteiger charge is 2.57. The fourth-order valence-electron chi connectivity index (χ4n) is 4.45. The van der Waals surface area contributed by atoms with Crippen LogP contribution in [0.1, 0.15) is 68.4 Å². The van der Waals surface area contributed by atoms with Crippen LogP contribution in [0.15, 0.2) is 29.9 Å². The molecule has 0 atom stereocenters. The number of alkyl carbamates (subject to hydrolysis) is 1. The number of nitrogens with one attached hydrogen (secondary N) is 3. The molecule has 10 nitrogen and oxygen atoms in total. The summed E-state index contributed by atoms with van der Waals surface area (Å²) in [5, 5.41) is 10.1. The first kappa shape index (κ1) is 25.4. The van der Waals surface area contributed by atoms with E-state index in [-0.39, 0.29) is 28.0 Å². The Morgan fingerprint density at radius 2 is 1.71 bits per heavy atom. The van der Waals surface area contributed by atoms with Gasteiger partial charge in [0.2, 0.25) is 0 Å². The highest BCUT2D eigenvalue weighted by Crippen LogP contribution is 2.58. The number of thiazole rings is 1. The summed E-state index contributed by atoms with van der Waals surface area (Å²) in [5.74, 6) is -2.18. The van der Waals surface area contributed by atoms with Crippen molar-refractivity contribution >= 4 is 35.2 Å². The Morgan fingerprint density at radius 3 is 2.29 bits per heavy atom. The van der Waals surface area contributed by atoms with Gasteiger partial charge in [0.15, 0.2) is 0 Å². The van der Waals surface area contributed by atoms with Gasteiger partial charge in [-0.05, 0) is 52.9 Å². The molecule has 2 fully saturated rings. The number of carbonyl (C=O) groups excluding carboxylic acids is 4. The molecule has 0 aliphatic heterocycles. The van der Waals surface area contributed by atoms with Crippen LogP contribution in [0.5, 0.6) is 0 Å². The fraction of sp³-hybridized carbons (Fsp3) is 0.522. The third-order valence-electron chi connectivity index (χ3n) is 6.03. The van der Waals surface area contributed by atoms with E-state index in [0.717, 1.165) is 44.2 Å². The molecule has 2 aliphatic rings. The molecule has 184 valence electrons. The van der Waals surface area contributed by atoms with Gasteiger partial charge >= 0.3 is 12.1 Å². The first-order chi connectivity index (χ1) is 15.8. The Balaban J connectivity index is 1.61. The van der Waals surface area contributed by atoms with Crippen molar-refractivity contribution in [2.75, 3.05) is 7.11 Å². The topological polar surface area (TPSA) is 136 Å². The zero-order chi connectivity index (χ0) is 25.3. The number of rotatable bonds is 7. The van der Waals surface area contributed by atoms with Gasteiger partial charge in [-0.1, -0.05) is 13.2 Å². The normalized spacial score (nSPS) is 23.1. The van der Waals surface area contributed by atoms with Crippen LogP contribution in [0.4, 0.5) is 4.79 Å². The van der Waals surface area contributed by atoms with E-state index in [4.69, 9.17) is 4.74 Å². The average Bonchev–Trinajstić information content (AvgIpc) is 3.45. The number of nitrogens with zero attached hydrogens (tertiary/aromatic N) is 1. The average molecular weight is 491 g/mol. The van der Waals surface area contributed by atoms with Crippen LogP contribution in [0, 0.1) is 0 Å². The SMILES string of the molecule is C=C(NC(=O)c1csc(C23CCC(NC(=O)OC(C)(C)C)(CC2)C3)n1)C(=O)NC(=C)C(=O)OC. The Kier molecular flexibility index (Phi) is 6.88. The number of esters is 1.